The normalized spacial score (nSPS) is 19.4. The van der Waals surface area contributed by atoms with Crippen LogP contribution in [0.3, 0.4) is 0 Å². The molecule has 0 fully saturated rings. The number of aromatic nitrogens is 3. The van der Waals surface area contributed by atoms with Crippen LogP contribution in [-0.2, 0) is 4.79 Å². The van der Waals surface area contributed by atoms with Crippen LogP contribution in [0.5, 0.6) is 11.5 Å². The van der Waals surface area contributed by atoms with E-state index in [1.54, 1.807) is 31.0 Å². The second-order valence-corrected chi connectivity index (χ2v) is 7.94. The molecule has 1 aliphatic heterocycles. The predicted octanol–water partition coefficient (Wildman–Crippen LogP) is 3.62. The Morgan fingerprint density at radius 1 is 1.06 bits per heavy atom. The lowest BCUT2D eigenvalue weighted by Gasteiger charge is -2.35. The summed E-state index contributed by atoms with van der Waals surface area (Å²) >= 11 is 0. The Kier molecular flexibility index (Phi) is 5.04. The van der Waals surface area contributed by atoms with Gasteiger partial charge in [0.1, 0.15) is 12.4 Å². The van der Waals surface area contributed by atoms with Crippen LogP contribution in [0.1, 0.15) is 35.9 Å². The van der Waals surface area contributed by atoms with Crippen LogP contribution >= 0.6 is 0 Å². The largest absolute Gasteiger partial charge is 0.493 e. The third-order valence-electron chi connectivity index (χ3n) is 6.16. The number of nitro groups is 1. The summed E-state index contributed by atoms with van der Waals surface area (Å²) in [6.45, 7) is 0. The second kappa shape index (κ2) is 8.05. The summed E-state index contributed by atoms with van der Waals surface area (Å²) in [5, 5.41) is 18.7. The van der Waals surface area contributed by atoms with E-state index in [1.165, 1.54) is 18.5 Å². The number of Topliss-reactive ketones (excluding diaryl/α,β-unsaturated/α-hetero) is 1. The highest BCUT2D eigenvalue weighted by Gasteiger charge is 2.39. The van der Waals surface area contributed by atoms with Gasteiger partial charge in [0.25, 0.3) is 5.69 Å². The first kappa shape index (κ1) is 20.7. The number of allylic oxidation sites excluding steroid dienone is 2. The van der Waals surface area contributed by atoms with Gasteiger partial charge in [-0.1, -0.05) is 6.07 Å². The molecule has 0 radical (unpaired) electrons. The van der Waals surface area contributed by atoms with Crippen LogP contribution in [0.15, 0.2) is 60.1 Å². The molecule has 0 spiro atoms. The zero-order chi connectivity index (χ0) is 23.1. The number of fused-ring (bicyclic) bond motifs is 1. The number of nitrogens with zero attached hydrogens (tertiary/aromatic N) is 4. The van der Waals surface area contributed by atoms with Crippen LogP contribution in [0, 0.1) is 10.1 Å². The summed E-state index contributed by atoms with van der Waals surface area (Å²) in [6.07, 6.45) is 2.35. The number of hydrogen-bond donors (Lipinski definition) is 1. The summed E-state index contributed by atoms with van der Waals surface area (Å²) in [5.41, 5.74) is 3.10. The number of hydrogen-bond acceptors (Lipinski definition) is 8. The van der Waals surface area contributed by atoms with E-state index in [0.29, 0.717) is 35.9 Å². The van der Waals surface area contributed by atoms with E-state index in [-0.39, 0.29) is 17.4 Å². The zero-order valence-electron chi connectivity index (χ0n) is 18.0. The third-order valence-corrected chi connectivity index (χ3v) is 6.16. The van der Waals surface area contributed by atoms with Gasteiger partial charge in [-0.05, 0) is 47.7 Å². The summed E-state index contributed by atoms with van der Waals surface area (Å²) < 4.78 is 12.4. The summed E-state index contributed by atoms with van der Waals surface area (Å²) in [4.78, 5) is 28.4. The fourth-order valence-electron chi connectivity index (χ4n) is 4.58. The van der Waals surface area contributed by atoms with Crippen molar-refractivity contribution in [1.82, 2.24) is 14.8 Å². The maximum Gasteiger partial charge on any atom is 0.269 e. The van der Waals surface area contributed by atoms with Crippen LogP contribution in [0.2, 0.25) is 0 Å². The molecule has 168 valence electrons. The first-order valence-corrected chi connectivity index (χ1v) is 10.4. The molecule has 1 aliphatic carbocycles. The van der Waals surface area contributed by atoms with Gasteiger partial charge in [-0.3, -0.25) is 14.9 Å². The van der Waals surface area contributed by atoms with Crippen LogP contribution < -0.4 is 14.8 Å². The fourth-order valence-corrected chi connectivity index (χ4v) is 4.58. The van der Waals surface area contributed by atoms with E-state index in [4.69, 9.17) is 9.47 Å². The summed E-state index contributed by atoms with van der Waals surface area (Å²) in [5.74, 6) is 1.72. The third kappa shape index (κ3) is 3.49. The van der Waals surface area contributed by atoms with E-state index in [0.717, 1.165) is 16.8 Å². The molecule has 3 aromatic rings. The van der Waals surface area contributed by atoms with Gasteiger partial charge in [0.15, 0.2) is 17.3 Å². The maximum atomic E-state index is 13.5. The Bertz CT molecular complexity index is 1280. The molecule has 1 aromatic heterocycles. The number of rotatable bonds is 5. The van der Waals surface area contributed by atoms with Crippen LogP contribution in [0.4, 0.5) is 11.6 Å². The van der Waals surface area contributed by atoms with Crippen LogP contribution in [-0.4, -0.2) is 39.7 Å². The topological polar surface area (TPSA) is 121 Å². The average molecular weight is 447 g/mol. The Balaban J connectivity index is 1.54. The molecule has 0 unspecified atom stereocenters. The zero-order valence-corrected chi connectivity index (χ0v) is 18.0. The number of methoxy groups -OCH3 is 2. The highest BCUT2D eigenvalue weighted by atomic mass is 16.6. The Hall–Kier alpha value is -4.21. The van der Waals surface area contributed by atoms with E-state index < -0.39 is 11.0 Å². The second-order valence-electron chi connectivity index (χ2n) is 7.94. The van der Waals surface area contributed by atoms with Crippen molar-refractivity contribution in [3.8, 4) is 11.5 Å². The molecule has 2 aliphatic rings. The van der Waals surface area contributed by atoms with Crippen molar-refractivity contribution >= 4 is 17.4 Å². The number of carbonyl (C=O) groups is 1. The number of ether oxygens (including phenoxy) is 2. The van der Waals surface area contributed by atoms with Gasteiger partial charge in [0.2, 0.25) is 5.95 Å². The number of nitro benzene ring substituents is 1. The van der Waals surface area contributed by atoms with Crippen molar-refractivity contribution in [1.29, 1.82) is 0 Å². The van der Waals surface area contributed by atoms with E-state index in [9.17, 15) is 14.9 Å². The molecule has 0 saturated carbocycles. The molecular formula is C23H21N5O5. The Morgan fingerprint density at radius 3 is 2.48 bits per heavy atom. The average Bonchev–Trinajstić information content (AvgIpc) is 3.30. The van der Waals surface area contributed by atoms with Crippen molar-refractivity contribution in [2.24, 2.45) is 0 Å². The number of nitrogens with one attached hydrogen (secondary N) is 1. The summed E-state index contributed by atoms with van der Waals surface area (Å²) in [7, 11) is 3.16. The SMILES string of the molecule is COc1ccc([C@@H]2CC(=O)C3=C(C2)Nc2ncnn2[C@@H]3c2ccc([N+](=O)[O-])cc2)cc1OC. The van der Waals surface area contributed by atoms with Crippen molar-refractivity contribution in [2.45, 2.75) is 24.8 Å². The number of benzene rings is 2. The number of ketones is 1. The first-order chi connectivity index (χ1) is 16.0. The van der Waals surface area contributed by atoms with Gasteiger partial charge in [0, 0.05) is 29.8 Å². The highest BCUT2D eigenvalue weighted by Crippen LogP contribution is 2.45. The maximum absolute atomic E-state index is 13.5. The monoisotopic (exact) mass is 447 g/mol. The number of carbonyl (C=O) groups excluding carboxylic acids is 1. The van der Waals surface area contributed by atoms with Crippen molar-refractivity contribution in [2.75, 3.05) is 19.5 Å². The molecule has 1 N–H and O–H groups in total. The minimum Gasteiger partial charge on any atom is -0.493 e. The molecule has 0 bridgehead atoms. The molecule has 0 amide bonds. The highest BCUT2D eigenvalue weighted by molar-refractivity contribution is 6.00. The molecule has 10 nitrogen and oxygen atoms in total. The fraction of sp³-hybridized carbons (Fsp3) is 0.261. The summed E-state index contributed by atoms with van der Waals surface area (Å²) in [6, 6.07) is 11.4. The number of anilines is 1. The van der Waals surface area contributed by atoms with E-state index in [2.05, 4.69) is 15.4 Å². The molecule has 0 saturated heterocycles. The van der Waals surface area contributed by atoms with Crippen molar-refractivity contribution < 1.29 is 19.2 Å². The number of non-ortho nitro benzene ring substituents is 1. The van der Waals surface area contributed by atoms with Crippen molar-refractivity contribution in [3.05, 3.63) is 81.3 Å². The Morgan fingerprint density at radius 2 is 1.79 bits per heavy atom. The smallest absolute Gasteiger partial charge is 0.269 e. The van der Waals surface area contributed by atoms with E-state index >= 15 is 0 Å². The standard InChI is InChI=1S/C23H21N5O5/c1-32-19-8-5-14(11-20(19)33-2)15-9-17-21(18(29)10-15)22(27-23(26-17)24-12-25-27)13-3-6-16(7-4-13)28(30)31/h3-8,11-12,15,22H,9-10H2,1-2H3,(H,24,25,26)/t15-,22+/m0/s1. The molecule has 33 heavy (non-hydrogen) atoms. The molecule has 10 heteroatoms. The van der Waals surface area contributed by atoms with Crippen molar-refractivity contribution in [3.63, 3.8) is 0 Å². The minimum atomic E-state index is -0.501. The van der Waals surface area contributed by atoms with Gasteiger partial charge in [0.05, 0.1) is 19.1 Å². The van der Waals surface area contributed by atoms with Gasteiger partial charge >= 0.3 is 0 Å². The molecule has 2 aromatic carbocycles. The molecule has 5 rings (SSSR count). The molecular weight excluding hydrogens is 426 g/mol. The molecule has 2 atom stereocenters. The minimum absolute atomic E-state index is 0.00645. The van der Waals surface area contributed by atoms with Crippen LogP contribution in [0.25, 0.3) is 0 Å². The lowest BCUT2D eigenvalue weighted by atomic mass is 9.78. The van der Waals surface area contributed by atoms with Gasteiger partial charge in [-0.25, -0.2) is 4.68 Å². The Labute approximate surface area is 189 Å². The predicted molar refractivity (Wildman–Crippen MR) is 118 cm³/mol. The molecule has 2 heterocycles. The van der Waals surface area contributed by atoms with E-state index in [1.807, 2.05) is 18.2 Å². The van der Waals surface area contributed by atoms with Gasteiger partial charge in [-0.2, -0.15) is 10.1 Å². The lowest BCUT2D eigenvalue weighted by Crippen LogP contribution is -2.33. The first-order valence-electron chi connectivity index (χ1n) is 10.4. The quantitative estimate of drug-likeness (QED) is 0.465. The lowest BCUT2D eigenvalue weighted by molar-refractivity contribution is -0.384. The van der Waals surface area contributed by atoms with Gasteiger partial charge in [-0.15, -0.1) is 0 Å². The van der Waals surface area contributed by atoms with Gasteiger partial charge < -0.3 is 14.8 Å².